The number of hydrogen-bond donors (Lipinski definition) is 2. The quantitative estimate of drug-likeness (QED) is 0.661. The van der Waals surface area contributed by atoms with E-state index in [1.54, 1.807) is 12.4 Å². The number of carbonyl (C=O) groups is 2. The monoisotopic (exact) mass is 462 g/mol. The van der Waals surface area contributed by atoms with Gasteiger partial charge in [-0.15, -0.1) is 0 Å². The van der Waals surface area contributed by atoms with E-state index in [2.05, 4.69) is 32.7 Å². The average Bonchev–Trinajstić information content (AvgIpc) is 3.55. The van der Waals surface area contributed by atoms with Gasteiger partial charge < -0.3 is 15.4 Å². The van der Waals surface area contributed by atoms with Crippen molar-refractivity contribution >= 4 is 17.5 Å². The number of nitrogens with zero attached hydrogens (tertiary/aromatic N) is 2. The van der Waals surface area contributed by atoms with Gasteiger partial charge in [-0.25, -0.2) is 0 Å². The van der Waals surface area contributed by atoms with Crippen LogP contribution in [-0.4, -0.2) is 54.0 Å². The SMILES string of the molecule is O=C(NCC1CCCO1)[C@H]1C[C@@H](C(=O)Nc2ccc3c(c2)CCC3)CN(Cc2ccncc2)C1. The number of aromatic nitrogens is 1. The van der Waals surface area contributed by atoms with Crippen molar-refractivity contribution in [2.24, 2.45) is 11.8 Å². The summed E-state index contributed by atoms with van der Waals surface area (Å²) in [5.41, 5.74) is 4.72. The zero-order valence-corrected chi connectivity index (χ0v) is 19.7. The van der Waals surface area contributed by atoms with Crippen molar-refractivity contribution in [3.8, 4) is 0 Å². The number of pyridine rings is 1. The zero-order chi connectivity index (χ0) is 23.3. The minimum atomic E-state index is -0.248. The molecule has 0 radical (unpaired) electrons. The molecule has 180 valence electrons. The van der Waals surface area contributed by atoms with Crippen LogP contribution in [0.25, 0.3) is 0 Å². The Kier molecular flexibility index (Phi) is 7.21. The van der Waals surface area contributed by atoms with Crippen molar-refractivity contribution in [1.82, 2.24) is 15.2 Å². The number of aryl methyl sites for hydroxylation is 2. The van der Waals surface area contributed by atoms with Gasteiger partial charge in [-0.05, 0) is 79.5 Å². The number of ether oxygens (including phenoxy) is 1. The fourth-order valence-corrected chi connectivity index (χ4v) is 5.50. The van der Waals surface area contributed by atoms with Crippen molar-refractivity contribution in [3.63, 3.8) is 0 Å². The minimum absolute atomic E-state index is 0.00528. The molecule has 7 nitrogen and oxygen atoms in total. The van der Waals surface area contributed by atoms with Crippen LogP contribution in [0, 0.1) is 11.8 Å². The summed E-state index contributed by atoms with van der Waals surface area (Å²) < 4.78 is 5.65. The molecule has 2 aromatic rings. The third kappa shape index (κ3) is 5.65. The van der Waals surface area contributed by atoms with Gasteiger partial charge in [0.15, 0.2) is 0 Å². The summed E-state index contributed by atoms with van der Waals surface area (Å²) in [5.74, 6) is -0.463. The Bertz CT molecular complexity index is 1010. The van der Waals surface area contributed by atoms with E-state index in [4.69, 9.17) is 4.74 Å². The lowest BCUT2D eigenvalue weighted by Gasteiger charge is -2.36. The molecule has 3 atom stereocenters. The molecule has 1 aromatic carbocycles. The van der Waals surface area contributed by atoms with Gasteiger partial charge in [0.25, 0.3) is 0 Å². The molecular weight excluding hydrogens is 428 g/mol. The smallest absolute Gasteiger partial charge is 0.228 e. The molecule has 7 heteroatoms. The molecule has 2 aliphatic heterocycles. The summed E-state index contributed by atoms with van der Waals surface area (Å²) in [7, 11) is 0. The molecule has 1 aromatic heterocycles. The number of benzene rings is 1. The van der Waals surface area contributed by atoms with Gasteiger partial charge in [0.1, 0.15) is 0 Å². The van der Waals surface area contributed by atoms with Gasteiger partial charge in [-0.2, -0.15) is 0 Å². The minimum Gasteiger partial charge on any atom is -0.376 e. The van der Waals surface area contributed by atoms with Gasteiger partial charge in [0, 0.05) is 50.9 Å². The Balaban J connectivity index is 1.26. The first-order chi connectivity index (χ1) is 16.6. The molecule has 2 fully saturated rings. The molecule has 0 spiro atoms. The summed E-state index contributed by atoms with van der Waals surface area (Å²) in [5, 5.41) is 6.22. The molecule has 1 aliphatic carbocycles. The van der Waals surface area contributed by atoms with Gasteiger partial charge >= 0.3 is 0 Å². The Morgan fingerprint density at radius 2 is 1.79 bits per heavy atom. The Morgan fingerprint density at radius 3 is 2.59 bits per heavy atom. The largest absolute Gasteiger partial charge is 0.376 e. The molecule has 5 rings (SSSR count). The normalized spacial score (nSPS) is 24.5. The molecule has 3 heterocycles. The van der Waals surface area contributed by atoms with E-state index in [0.717, 1.165) is 43.5 Å². The third-order valence-electron chi connectivity index (χ3n) is 7.32. The lowest BCUT2D eigenvalue weighted by molar-refractivity contribution is -0.130. The summed E-state index contributed by atoms with van der Waals surface area (Å²) in [6.07, 6.45) is 9.65. The second kappa shape index (κ2) is 10.7. The number of amides is 2. The topological polar surface area (TPSA) is 83.6 Å². The summed E-state index contributed by atoms with van der Waals surface area (Å²) in [4.78, 5) is 32.7. The maximum absolute atomic E-state index is 13.3. The number of nitrogens with one attached hydrogen (secondary N) is 2. The highest BCUT2D eigenvalue weighted by Crippen LogP contribution is 2.28. The number of fused-ring (bicyclic) bond motifs is 1. The summed E-state index contributed by atoms with van der Waals surface area (Å²) >= 11 is 0. The van der Waals surface area contributed by atoms with E-state index in [-0.39, 0.29) is 29.8 Å². The number of carbonyl (C=O) groups excluding carboxylic acids is 2. The zero-order valence-electron chi connectivity index (χ0n) is 19.7. The van der Waals surface area contributed by atoms with Crippen LogP contribution in [0.4, 0.5) is 5.69 Å². The molecule has 0 bridgehead atoms. The Hall–Kier alpha value is -2.77. The first-order valence-corrected chi connectivity index (χ1v) is 12.6. The molecule has 2 N–H and O–H groups in total. The highest BCUT2D eigenvalue weighted by Gasteiger charge is 2.35. The first kappa shape index (κ1) is 23.0. The second-order valence-corrected chi connectivity index (χ2v) is 9.89. The standard InChI is InChI=1S/C27H34N4O3/c32-26(29-15-25-5-2-12-34-25)22-13-23(18-31(17-22)16-19-8-10-28-11-9-19)27(33)30-24-7-6-20-3-1-4-21(20)14-24/h6-11,14,22-23,25H,1-5,12-13,15-18H2,(H,29,32)(H,30,33)/t22-,23+,25?/m0/s1. The molecule has 2 amide bonds. The van der Waals surface area contributed by atoms with Gasteiger partial charge in [-0.3, -0.25) is 19.5 Å². The molecule has 0 saturated carbocycles. The molecule has 2 saturated heterocycles. The predicted molar refractivity (Wildman–Crippen MR) is 130 cm³/mol. The van der Waals surface area contributed by atoms with E-state index in [0.29, 0.717) is 32.6 Å². The van der Waals surface area contributed by atoms with Crippen LogP contribution < -0.4 is 10.6 Å². The van der Waals surface area contributed by atoms with E-state index in [9.17, 15) is 9.59 Å². The summed E-state index contributed by atoms with van der Waals surface area (Å²) in [6.45, 7) is 3.29. The van der Waals surface area contributed by atoms with Gasteiger partial charge in [0.2, 0.25) is 11.8 Å². The number of piperidine rings is 1. The van der Waals surface area contributed by atoms with E-state index < -0.39 is 0 Å². The molecule has 34 heavy (non-hydrogen) atoms. The fourth-order valence-electron chi connectivity index (χ4n) is 5.50. The lowest BCUT2D eigenvalue weighted by atomic mass is 9.87. The highest BCUT2D eigenvalue weighted by molar-refractivity contribution is 5.93. The Labute approximate surface area is 201 Å². The van der Waals surface area contributed by atoms with Crippen LogP contribution in [0.1, 0.15) is 42.4 Å². The van der Waals surface area contributed by atoms with Crippen molar-refractivity contribution < 1.29 is 14.3 Å². The van der Waals surface area contributed by atoms with Crippen LogP contribution in [0.15, 0.2) is 42.7 Å². The molecule has 1 unspecified atom stereocenters. The number of rotatable bonds is 7. The van der Waals surface area contributed by atoms with Gasteiger partial charge in [-0.1, -0.05) is 6.07 Å². The maximum Gasteiger partial charge on any atom is 0.228 e. The highest BCUT2D eigenvalue weighted by atomic mass is 16.5. The number of hydrogen-bond acceptors (Lipinski definition) is 5. The Morgan fingerprint density at radius 1 is 1.00 bits per heavy atom. The van der Waals surface area contributed by atoms with E-state index in [1.807, 2.05) is 18.2 Å². The van der Waals surface area contributed by atoms with Crippen LogP contribution in [-0.2, 0) is 33.7 Å². The van der Waals surface area contributed by atoms with Crippen molar-refractivity contribution in [1.29, 1.82) is 0 Å². The average molecular weight is 463 g/mol. The number of likely N-dealkylation sites (tertiary alicyclic amines) is 1. The number of anilines is 1. The fraction of sp³-hybridized carbons (Fsp3) is 0.519. The lowest BCUT2D eigenvalue weighted by Crippen LogP contribution is -2.49. The summed E-state index contributed by atoms with van der Waals surface area (Å²) in [6, 6.07) is 10.2. The van der Waals surface area contributed by atoms with Crippen LogP contribution in [0.5, 0.6) is 0 Å². The second-order valence-electron chi connectivity index (χ2n) is 9.89. The molecular formula is C27H34N4O3. The van der Waals surface area contributed by atoms with E-state index >= 15 is 0 Å². The van der Waals surface area contributed by atoms with Crippen molar-refractivity contribution in [3.05, 3.63) is 59.4 Å². The maximum atomic E-state index is 13.3. The predicted octanol–water partition coefficient (Wildman–Crippen LogP) is 2.94. The van der Waals surface area contributed by atoms with Crippen LogP contribution in [0.3, 0.4) is 0 Å². The van der Waals surface area contributed by atoms with Crippen LogP contribution in [0.2, 0.25) is 0 Å². The molecule has 3 aliphatic rings. The van der Waals surface area contributed by atoms with Crippen LogP contribution >= 0.6 is 0 Å². The first-order valence-electron chi connectivity index (χ1n) is 12.6. The van der Waals surface area contributed by atoms with Gasteiger partial charge in [0.05, 0.1) is 17.9 Å². The van der Waals surface area contributed by atoms with E-state index in [1.165, 1.54) is 17.5 Å². The van der Waals surface area contributed by atoms with Crippen molar-refractivity contribution in [2.75, 3.05) is 31.6 Å². The third-order valence-corrected chi connectivity index (χ3v) is 7.32. The van der Waals surface area contributed by atoms with Crippen molar-refractivity contribution in [2.45, 2.75) is 51.2 Å².